The van der Waals surface area contributed by atoms with E-state index in [-0.39, 0.29) is 11.9 Å². The highest BCUT2D eigenvalue weighted by atomic mass is 16.2. The zero-order valence-corrected chi connectivity index (χ0v) is 16.6. The van der Waals surface area contributed by atoms with Crippen molar-refractivity contribution in [2.75, 3.05) is 28.3 Å². The molecule has 1 aliphatic carbocycles. The molecular formula is C22H27N5O. The Morgan fingerprint density at radius 3 is 2.71 bits per heavy atom. The molecule has 5 rings (SSSR count). The predicted molar refractivity (Wildman–Crippen MR) is 111 cm³/mol. The highest BCUT2D eigenvalue weighted by molar-refractivity contribution is 6.04. The van der Waals surface area contributed by atoms with E-state index in [2.05, 4.69) is 46.0 Å². The van der Waals surface area contributed by atoms with E-state index >= 15 is 0 Å². The predicted octanol–water partition coefficient (Wildman–Crippen LogP) is 3.67. The smallest absolute Gasteiger partial charge is 0.249 e. The largest absolute Gasteiger partial charge is 0.340 e. The Morgan fingerprint density at radius 1 is 1.14 bits per heavy atom. The van der Waals surface area contributed by atoms with Crippen LogP contribution in [0.15, 0.2) is 30.5 Å². The molecule has 0 unspecified atom stereocenters. The average molecular weight is 377 g/mol. The molecular weight excluding hydrogens is 350 g/mol. The zero-order chi connectivity index (χ0) is 19.3. The molecule has 0 spiro atoms. The Hall–Kier alpha value is -2.63. The summed E-state index contributed by atoms with van der Waals surface area (Å²) in [7, 11) is 1.85. The van der Waals surface area contributed by atoms with Crippen molar-refractivity contribution in [1.82, 2.24) is 9.97 Å². The van der Waals surface area contributed by atoms with Gasteiger partial charge in [0.1, 0.15) is 11.7 Å². The summed E-state index contributed by atoms with van der Waals surface area (Å²) in [6.07, 6.45) is 8.38. The second-order valence-electron chi connectivity index (χ2n) is 8.08. The fourth-order valence-electron chi connectivity index (χ4n) is 5.05. The molecule has 6 heteroatoms. The molecule has 2 aliphatic heterocycles. The quantitative estimate of drug-likeness (QED) is 0.817. The number of amides is 1. The van der Waals surface area contributed by atoms with E-state index in [4.69, 9.17) is 4.98 Å². The third-order valence-electron chi connectivity index (χ3n) is 6.53. The number of likely N-dealkylation sites (N-methyl/N-ethyl adjacent to an activating group) is 1. The highest BCUT2D eigenvalue weighted by Gasteiger charge is 2.41. The van der Waals surface area contributed by atoms with Crippen LogP contribution in [0.4, 0.5) is 23.1 Å². The fourth-order valence-corrected chi connectivity index (χ4v) is 5.05. The SMILES string of the molecule is CC[C@@H]1C(=O)N(C)c2cnc(N3CCc4ccccc43)nc2N1C1CCCC1. The number of fused-ring (bicyclic) bond motifs is 2. The number of benzene rings is 1. The van der Waals surface area contributed by atoms with Crippen LogP contribution >= 0.6 is 0 Å². The van der Waals surface area contributed by atoms with Gasteiger partial charge in [0.25, 0.3) is 0 Å². The Labute approximate surface area is 166 Å². The first-order chi connectivity index (χ1) is 13.7. The van der Waals surface area contributed by atoms with Crippen LogP contribution < -0.4 is 14.7 Å². The van der Waals surface area contributed by atoms with Crippen LogP contribution in [-0.2, 0) is 11.2 Å². The van der Waals surface area contributed by atoms with E-state index in [1.807, 2.05) is 13.2 Å². The van der Waals surface area contributed by atoms with Crippen LogP contribution in [0.3, 0.4) is 0 Å². The van der Waals surface area contributed by atoms with Gasteiger partial charge in [-0.1, -0.05) is 38.0 Å². The first-order valence-electron chi connectivity index (χ1n) is 10.5. The Bertz CT molecular complexity index is 908. The first-order valence-corrected chi connectivity index (χ1v) is 10.5. The number of aromatic nitrogens is 2. The summed E-state index contributed by atoms with van der Waals surface area (Å²) in [5, 5.41) is 0. The standard InChI is InChI=1S/C22H27N5O/c1-3-17-21(28)25(2)19-14-23-22(24-20(19)27(17)16-9-5-6-10-16)26-13-12-15-8-4-7-11-18(15)26/h4,7-8,11,14,16-17H,3,5-6,9-10,12-13H2,1-2H3/t17-/m1/s1. The van der Waals surface area contributed by atoms with Crippen LogP contribution in [0.2, 0.25) is 0 Å². The maximum atomic E-state index is 13.0. The van der Waals surface area contributed by atoms with E-state index < -0.39 is 0 Å². The number of anilines is 4. The molecule has 0 bridgehead atoms. The van der Waals surface area contributed by atoms with Gasteiger partial charge in [0.15, 0.2) is 5.82 Å². The summed E-state index contributed by atoms with van der Waals surface area (Å²) in [6, 6.07) is 8.75. The molecule has 146 valence electrons. The second kappa shape index (κ2) is 6.76. The van der Waals surface area contributed by atoms with Gasteiger partial charge in [-0.25, -0.2) is 4.98 Å². The van der Waals surface area contributed by atoms with Crippen molar-refractivity contribution in [1.29, 1.82) is 0 Å². The van der Waals surface area contributed by atoms with E-state index in [0.717, 1.165) is 49.7 Å². The third kappa shape index (κ3) is 2.58. The molecule has 2 aromatic rings. The number of carbonyl (C=O) groups is 1. The number of hydrogen-bond donors (Lipinski definition) is 0. The Balaban J connectivity index is 1.60. The minimum absolute atomic E-state index is 0.130. The zero-order valence-electron chi connectivity index (χ0n) is 16.6. The lowest BCUT2D eigenvalue weighted by atomic mass is 10.0. The normalized spacial score (nSPS) is 22.0. The van der Waals surface area contributed by atoms with Crippen LogP contribution in [0.5, 0.6) is 0 Å². The van der Waals surface area contributed by atoms with Crippen molar-refractivity contribution in [3.8, 4) is 0 Å². The molecule has 1 saturated carbocycles. The molecule has 3 heterocycles. The number of nitrogens with zero attached hydrogens (tertiary/aromatic N) is 5. The molecule has 6 nitrogen and oxygen atoms in total. The third-order valence-corrected chi connectivity index (χ3v) is 6.53. The van der Waals surface area contributed by atoms with E-state index in [1.165, 1.54) is 24.1 Å². The number of carbonyl (C=O) groups excluding carboxylic acids is 1. The van der Waals surface area contributed by atoms with Gasteiger partial charge in [-0.05, 0) is 37.3 Å². The summed E-state index contributed by atoms with van der Waals surface area (Å²) in [5.74, 6) is 1.82. The monoisotopic (exact) mass is 377 g/mol. The summed E-state index contributed by atoms with van der Waals surface area (Å²) in [6.45, 7) is 3.00. The Kier molecular flexibility index (Phi) is 4.22. The van der Waals surface area contributed by atoms with Gasteiger partial charge < -0.3 is 14.7 Å². The summed E-state index contributed by atoms with van der Waals surface area (Å²) >= 11 is 0. The lowest BCUT2D eigenvalue weighted by molar-refractivity contribution is -0.120. The van der Waals surface area contributed by atoms with Crippen molar-refractivity contribution in [3.05, 3.63) is 36.0 Å². The molecule has 0 radical (unpaired) electrons. The minimum Gasteiger partial charge on any atom is -0.340 e. The van der Waals surface area contributed by atoms with Crippen molar-refractivity contribution in [2.24, 2.45) is 0 Å². The van der Waals surface area contributed by atoms with Crippen molar-refractivity contribution in [3.63, 3.8) is 0 Å². The topological polar surface area (TPSA) is 52.6 Å². The number of hydrogen-bond acceptors (Lipinski definition) is 5. The van der Waals surface area contributed by atoms with Crippen LogP contribution in [0, 0.1) is 0 Å². The lowest BCUT2D eigenvalue weighted by Crippen LogP contribution is -2.55. The summed E-state index contributed by atoms with van der Waals surface area (Å²) in [4.78, 5) is 29.0. The number of rotatable bonds is 3. The molecule has 28 heavy (non-hydrogen) atoms. The maximum Gasteiger partial charge on any atom is 0.249 e. The maximum absolute atomic E-state index is 13.0. The summed E-state index contributed by atoms with van der Waals surface area (Å²) < 4.78 is 0. The molecule has 3 aliphatic rings. The molecule has 0 N–H and O–H groups in total. The van der Waals surface area contributed by atoms with E-state index in [9.17, 15) is 4.79 Å². The van der Waals surface area contributed by atoms with Gasteiger partial charge in [0.2, 0.25) is 11.9 Å². The fraction of sp³-hybridized carbons (Fsp3) is 0.500. The number of para-hydroxylation sites is 1. The second-order valence-corrected chi connectivity index (χ2v) is 8.08. The van der Waals surface area contributed by atoms with E-state index in [0.29, 0.717) is 6.04 Å². The van der Waals surface area contributed by atoms with Gasteiger partial charge >= 0.3 is 0 Å². The first kappa shape index (κ1) is 17.5. The van der Waals surface area contributed by atoms with Gasteiger partial charge in [-0.2, -0.15) is 4.98 Å². The van der Waals surface area contributed by atoms with Crippen molar-refractivity contribution >= 4 is 29.0 Å². The Morgan fingerprint density at radius 2 is 1.93 bits per heavy atom. The molecule has 1 fully saturated rings. The average Bonchev–Trinajstić information content (AvgIpc) is 3.40. The van der Waals surface area contributed by atoms with Gasteiger partial charge in [0.05, 0.1) is 6.20 Å². The molecule has 1 atom stereocenters. The minimum atomic E-state index is -0.130. The molecule has 1 aromatic carbocycles. The van der Waals surface area contributed by atoms with Gasteiger partial charge in [0, 0.05) is 25.3 Å². The van der Waals surface area contributed by atoms with Gasteiger partial charge in [-0.3, -0.25) is 4.79 Å². The van der Waals surface area contributed by atoms with E-state index in [1.54, 1.807) is 4.90 Å². The summed E-state index contributed by atoms with van der Waals surface area (Å²) in [5.41, 5.74) is 3.37. The van der Waals surface area contributed by atoms with Crippen molar-refractivity contribution in [2.45, 2.75) is 57.5 Å². The van der Waals surface area contributed by atoms with Crippen molar-refractivity contribution < 1.29 is 4.79 Å². The van der Waals surface area contributed by atoms with Crippen LogP contribution in [0.1, 0.15) is 44.6 Å². The highest BCUT2D eigenvalue weighted by Crippen LogP contribution is 2.41. The molecule has 1 aromatic heterocycles. The lowest BCUT2D eigenvalue weighted by Gasteiger charge is -2.43. The molecule has 1 amide bonds. The van der Waals surface area contributed by atoms with Crippen LogP contribution in [-0.4, -0.2) is 41.6 Å². The van der Waals surface area contributed by atoms with Crippen LogP contribution in [0.25, 0.3) is 0 Å². The molecule has 0 saturated heterocycles. The van der Waals surface area contributed by atoms with Gasteiger partial charge in [-0.15, -0.1) is 0 Å².